The molecule has 1 aliphatic heterocycles. The Kier molecular flexibility index (Phi) is 6.51. The molecule has 2 aromatic rings. The van der Waals surface area contributed by atoms with Crippen molar-refractivity contribution in [1.82, 2.24) is 4.90 Å². The number of aliphatic hydroxyl groups is 1. The largest absolute Gasteiger partial charge is 0.507 e. The molecule has 0 bridgehead atoms. The van der Waals surface area contributed by atoms with Crippen molar-refractivity contribution in [3.63, 3.8) is 0 Å². The second kappa shape index (κ2) is 9.35. The third-order valence-electron chi connectivity index (χ3n) is 6.35. The highest BCUT2D eigenvalue weighted by atomic mass is 35.5. The molecule has 0 radical (unpaired) electrons. The lowest BCUT2D eigenvalue weighted by Crippen LogP contribution is -2.37. The minimum atomic E-state index is -0.847. The molecule has 0 aromatic heterocycles. The Hall–Kier alpha value is -3.19. The van der Waals surface area contributed by atoms with Gasteiger partial charge in [-0.25, -0.2) is 0 Å². The van der Waals surface area contributed by atoms with Crippen LogP contribution in [0.1, 0.15) is 42.9 Å². The number of likely N-dealkylation sites (tertiary alicyclic amines) is 1. The van der Waals surface area contributed by atoms with E-state index in [2.05, 4.69) is 0 Å². The maximum atomic E-state index is 13.3. The first kappa shape index (κ1) is 23.0. The number of hydrogen-bond acceptors (Lipinski definition) is 6. The van der Waals surface area contributed by atoms with Gasteiger partial charge in [0.15, 0.2) is 11.5 Å². The number of carbonyl (C=O) groups is 2. The van der Waals surface area contributed by atoms with E-state index in [0.717, 1.165) is 25.7 Å². The highest BCUT2D eigenvalue weighted by Crippen LogP contribution is 2.48. The third-order valence-corrected chi connectivity index (χ3v) is 6.68. The summed E-state index contributed by atoms with van der Waals surface area (Å²) in [6.45, 7) is 0. The zero-order valence-corrected chi connectivity index (χ0v) is 19.5. The number of ketones is 1. The van der Waals surface area contributed by atoms with Gasteiger partial charge in [0, 0.05) is 17.2 Å². The summed E-state index contributed by atoms with van der Waals surface area (Å²) in [5, 5.41) is 11.6. The number of hydrogen-bond donors (Lipinski definition) is 1. The van der Waals surface area contributed by atoms with Crippen LogP contribution in [0.5, 0.6) is 17.2 Å². The minimum Gasteiger partial charge on any atom is -0.507 e. The number of nitrogens with zero attached hydrogens (tertiary/aromatic N) is 1. The maximum Gasteiger partial charge on any atom is 0.295 e. The highest BCUT2D eigenvalue weighted by molar-refractivity contribution is 6.47. The summed E-state index contributed by atoms with van der Waals surface area (Å²) in [5.74, 6) is -0.427. The molecular weight excluding hydrogens is 446 g/mol. The fourth-order valence-corrected chi connectivity index (χ4v) is 5.01. The van der Waals surface area contributed by atoms with Gasteiger partial charge in [-0.05, 0) is 37.1 Å². The summed E-state index contributed by atoms with van der Waals surface area (Å²) in [6.07, 6.45) is 3.51. The molecule has 1 saturated carbocycles. The molecule has 174 valence electrons. The average Bonchev–Trinajstić information content (AvgIpc) is 3.45. The Bertz CT molecular complexity index is 1120. The molecule has 1 heterocycles. The SMILES string of the molecule is COc1ccc(Cl)c(/C(O)=C2\C(=O)C(=O)N(C3CCCC3)C2c2cccc(OC)c2OC)c1. The lowest BCUT2D eigenvalue weighted by Gasteiger charge is -2.31. The highest BCUT2D eigenvalue weighted by Gasteiger charge is 2.50. The summed E-state index contributed by atoms with van der Waals surface area (Å²) in [5.41, 5.74) is 0.740. The Morgan fingerprint density at radius 1 is 1.03 bits per heavy atom. The first-order valence-corrected chi connectivity index (χ1v) is 11.2. The molecule has 1 unspecified atom stereocenters. The zero-order valence-electron chi connectivity index (χ0n) is 18.8. The van der Waals surface area contributed by atoms with Crippen LogP contribution in [0, 0.1) is 0 Å². The van der Waals surface area contributed by atoms with Crippen LogP contribution < -0.4 is 14.2 Å². The van der Waals surface area contributed by atoms with Gasteiger partial charge in [0.05, 0.1) is 38.0 Å². The predicted octanol–water partition coefficient (Wildman–Crippen LogP) is 4.73. The van der Waals surface area contributed by atoms with Crippen molar-refractivity contribution in [3.8, 4) is 17.2 Å². The number of methoxy groups -OCH3 is 3. The molecule has 1 saturated heterocycles. The van der Waals surface area contributed by atoms with Gasteiger partial charge in [0.25, 0.3) is 11.7 Å². The lowest BCUT2D eigenvalue weighted by molar-refractivity contribution is -0.141. The number of ether oxygens (including phenoxy) is 3. The van der Waals surface area contributed by atoms with Crippen molar-refractivity contribution in [1.29, 1.82) is 0 Å². The predicted molar refractivity (Wildman–Crippen MR) is 124 cm³/mol. The molecule has 2 aromatic carbocycles. The number of Topliss-reactive ketones (excluding diaryl/α,β-unsaturated/α-hetero) is 1. The quantitative estimate of drug-likeness (QED) is 0.372. The number of para-hydroxylation sites is 1. The van der Waals surface area contributed by atoms with Crippen LogP contribution in [0.25, 0.3) is 5.76 Å². The molecule has 1 amide bonds. The van der Waals surface area contributed by atoms with E-state index in [0.29, 0.717) is 22.8 Å². The summed E-state index contributed by atoms with van der Waals surface area (Å²) in [7, 11) is 4.51. The molecule has 1 aliphatic carbocycles. The molecular formula is C25H26ClNO6. The maximum absolute atomic E-state index is 13.3. The van der Waals surface area contributed by atoms with Crippen molar-refractivity contribution in [3.05, 3.63) is 58.1 Å². The molecule has 2 fully saturated rings. The number of rotatable bonds is 6. The van der Waals surface area contributed by atoms with E-state index >= 15 is 0 Å². The van der Waals surface area contributed by atoms with Gasteiger partial charge in [-0.2, -0.15) is 0 Å². The van der Waals surface area contributed by atoms with Crippen molar-refractivity contribution in [2.45, 2.75) is 37.8 Å². The summed E-state index contributed by atoms with van der Waals surface area (Å²) >= 11 is 6.37. The Labute approximate surface area is 197 Å². The van der Waals surface area contributed by atoms with Crippen molar-refractivity contribution in [2.24, 2.45) is 0 Å². The Balaban J connectivity index is 1.98. The van der Waals surface area contributed by atoms with E-state index in [1.807, 2.05) is 0 Å². The van der Waals surface area contributed by atoms with Gasteiger partial charge in [-0.15, -0.1) is 0 Å². The molecule has 0 spiro atoms. The summed E-state index contributed by atoms with van der Waals surface area (Å²) < 4.78 is 16.3. The van der Waals surface area contributed by atoms with Crippen LogP contribution in [0.15, 0.2) is 42.0 Å². The Morgan fingerprint density at radius 2 is 1.76 bits per heavy atom. The van der Waals surface area contributed by atoms with Crippen molar-refractivity contribution < 1.29 is 28.9 Å². The standard InChI is InChI=1S/C25H26ClNO6/c1-31-15-11-12-18(26)17(13-15)22(28)20-21(16-9-6-10-19(32-2)24(16)33-3)27(25(30)23(20)29)14-7-4-5-8-14/h6,9-14,21,28H,4-5,7-8H2,1-3H3/b22-20+. The van der Waals surface area contributed by atoms with E-state index in [9.17, 15) is 14.7 Å². The Morgan fingerprint density at radius 3 is 2.39 bits per heavy atom. The lowest BCUT2D eigenvalue weighted by atomic mass is 9.93. The van der Waals surface area contributed by atoms with Crippen LogP contribution in [0.2, 0.25) is 5.02 Å². The van der Waals surface area contributed by atoms with Gasteiger partial charge in [-0.1, -0.05) is 36.6 Å². The molecule has 8 heteroatoms. The van der Waals surface area contributed by atoms with Crippen LogP contribution in [0.4, 0.5) is 0 Å². The van der Waals surface area contributed by atoms with E-state index in [1.54, 1.807) is 41.3 Å². The number of benzene rings is 2. The van der Waals surface area contributed by atoms with Crippen molar-refractivity contribution in [2.75, 3.05) is 21.3 Å². The van der Waals surface area contributed by atoms with Crippen LogP contribution in [0.3, 0.4) is 0 Å². The number of carbonyl (C=O) groups excluding carboxylic acids is 2. The third kappa shape index (κ3) is 3.91. The van der Waals surface area contributed by atoms with E-state index in [1.165, 1.54) is 21.3 Å². The van der Waals surface area contributed by atoms with E-state index < -0.39 is 17.7 Å². The fraction of sp³-hybridized carbons (Fsp3) is 0.360. The number of amides is 1. The average molecular weight is 472 g/mol. The van der Waals surface area contributed by atoms with Crippen molar-refractivity contribution >= 4 is 29.1 Å². The molecule has 1 N–H and O–H groups in total. The van der Waals surface area contributed by atoms with Crippen LogP contribution in [-0.4, -0.2) is 49.1 Å². The fourth-order valence-electron chi connectivity index (χ4n) is 4.80. The molecule has 4 rings (SSSR count). The molecule has 2 aliphatic rings. The number of halogens is 1. The first-order valence-electron chi connectivity index (χ1n) is 10.8. The van der Waals surface area contributed by atoms with Gasteiger partial charge in [0.1, 0.15) is 11.5 Å². The van der Waals surface area contributed by atoms with Gasteiger partial charge in [-0.3, -0.25) is 9.59 Å². The molecule has 33 heavy (non-hydrogen) atoms. The monoisotopic (exact) mass is 471 g/mol. The molecule has 7 nitrogen and oxygen atoms in total. The minimum absolute atomic E-state index is 0.0337. The van der Waals surface area contributed by atoms with E-state index in [4.69, 9.17) is 25.8 Å². The van der Waals surface area contributed by atoms with Crippen LogP contribution in [-0.2, 0) is 9.59 Å². The second-order valence-corrected chi connectivity index (χ2v) is 8.48. The zero-order chi connectivity index (χ0) is 23.7. The topological polar surface area (TPSA) is 85.3 Å². The second-order valence-electron chi connectivity index (χ2n) is 8.07. The van der Waals surface area contributed by atoms with Crippen LogP contribution >= 0.6 is 11.6 Å². The van der Waals surface area contributed by atoms with Gasteiger partial charge in [0.2, 0.25) is 0 Å². The summed E-state index contributed by atoms with van der Waals surface area (Å²) in [4.78, 5) is 28.2. The van der Waals surface area contributed by atoms with Gasteiger partial charge < -0.3 is 24.2 Å². The molecule has 1 atom stereocenters. The summed E-state index contributed by atoms with van der Waals surface area (Å²) in [6, 6.07) is 9.09. The van der Waals surface area contributed by atoms with Gasteiger partial charge >= 0.3 is 0 Å². The van der Waals surface area contributed by atoms with E-state index in [-0.39, 0.29) is 28.0 Å². The smallest absolute Gasteiger partial charge is 0.295 e. The first-order chi connectivity index (χ1) is 15.9. The number of aliphatic hydroxyl groups excluding tert-OH is 1. The normalized spacial score (nSPS) is 20.4.